The standard InChI is InChI=1S/C43H50O9/c1-22(2)35-37(47)33(23(3)44)39(49)43(51)40(50)36-38(48)34-31(20-41(36,5)21-42(35,43)6)30(16-17-32(34)46)28-14-10-26(11-15-28)19-29(45)18-25-8-12-27(13-9-25)24(4)52-7/h10-11,14-17,22,25,27,35,46,48-49,51H,4,8-9,12-13,18-21H2,1-3,5-7H3/t25?,27?,35?,41-,42-,43+/m1/s1. The summed E-state index contributed by atoms with van der Waals surface area (Å²) in [5.74, 6) is -3.81. The maximum Gasteiger partial charge on any atom is 0.203 e. The number of methoxy groups -OCH3 is 1. The number of Topliss-reactive ketones (excluding diaryl/α,β-unsaturated/α-hetero) is 4. The van der Waals surface area contributed by atoms with Gasteiger partial charge in [-0.2, -0.15) is 0 Å². The summed E-state index contributed by atoms with van der Waals surface area (Å²) in [6, 6.07) is 10.8. The lowest BCUT2D eigenvalue weighted by Gasteiger charge is -2.59. The monoisotopic (exact) mass is 710 g/mol. The smallest absolute Gasteiger partial charge is 0.203 e. The van der Waals surface area contributed by atoms with E-state index in [-0.39, 0.29) is 35.5 Å². The maximum absolute atomic E-state index is 14.6. The molecule has 0 saturated heterocycles. The zero-order chi connectivity index (χ0) is 38.1. The van der Waals surface area contributed by atoms with Crippen LogP contribution in [0.3, 0.4) is 0 Å². The summed E-state index contributed by atoms with van der Waals surface area (Å²) < 4.78 is 5.31. The van der Waals surface area contributed by atoms with Crippen LogP contribution in [0.2, 0.25) is 0 Å². The summed E-state index contributed by atoms with van der Waals surface area (Å²) in [6.45, 7) is 12.0. The number of carbonyl (C=O) groups is 4. The van der Waals surface area contributed by atoms with Crippen molar-refractivity contribution in [2.75, 3.05) is 7.11 Å². The topological polar surface area (TPSA) is 158 Å². The summed E-state index contributed by atoms with van der Waals surface area (Å²) >= 11 is 0. The van der Waals surface area contributed by atoms with E-state index < -0.39 is 62.7 Å². The Bertz CT molecular complexity index is 1940. The van der Waals surface area contributed by atoms with Crippen LogP contribution in [0.25, 0.3) is 16.9 Å². The molecule has 0 spiro atoms. The van der Waals surface area contributed by atoms with Crippen molar-refractivity contribution in [3.8, 4) is 16.9 Å². The summed E-state index contributed by atoms with van der Waals surface area (Å²) in [6.07, 6.45) is 4.94. The first-order chi connectivity index (χ1) is 24.4. The molecule has 2 saturated carbocycles. The molecule has 276 valence electrons. The van der Waals surface area contributed by atoms with Gasteiger partial charge in [-0.05, 0) is 85.6 Å². The molecule has 0 bridgehead atoms. The van der Waals surface area contributed by atoms with Crippen LogP contribution in [0.15, 0.2) is 65.6 Å². The lowest BCUT2D eigenvalue weighted by Crippen LogP contribution is -2.69. The number of rotatable bonds is 9. The first-order valence-corrected chi connectivity index (χ1v) is 18.3. The average Bonchev–Trinajstić information content (AvgIpc) is 3.06. The molecule has 9 nitrogen and oxygen atoms in total. The van der Waals surface area contributed by atoms with Crippen LogP contribution < -0.4 is 0 Å². The number of allylic oxidation sites excluding steroid dienone is 2. The molecule has 0 amide bonds. The highest BCUT2D eigenvalue weighted by Gasteiger charge is 2.72. The third kappa shape index (κ3) is 5.63. The second-order valence-corrected chi connectivity index (χ2v) is 16.5. The van der Waals surface area contributed by atoms with Gasteiger partial charge in [0.15, 0.2) is 17.2 Å². The van der Waals surface area contributed by atoms with Crippen molar-refractivity contribution in [2.45, 2.75) is 91.6 Å². The van der Waals surface area contributed by atoms with Crippen LogP contribution in [-0.2, 0) is 36.8 Å². The fraction of sp³-hybridized carbons (Fsp3) is 0.488. The number of aliphatic hydroxyl groups excluding tert-OH is 2. The van der Waals surface area contributed by atoms with Crippen molar-refractivity contribution in [1.82, 2.24) is 0 Å². The number of fused-ring (bicyclic) bond motifs is 3. The summed E-state index contributed by atoms with van der Waals surface area (Å²) in [5.41, 5.74) is -3.05. The predicted molar refractivity (Wildman–Crippen MR) is 196 cm³/mol. The molecular formula is C43H50O9. The van der Waals surface area contributed by atoms with E-state index in [2.05, 4.69) is 6.58 Å². The molecule has 2 fully saturated rings. The second kappa shape index (κ2) is 13.2. The van der Waals surface area contributed by atoms with Crippen LogP contribution >= 0.6 is 0 Å². The van der Waals surface area contributed by atoms with Crippen LogP contribution in [0.1, 0.15) is 89.8 Å². The molecule has 6 rings (SSSR count). The van der Waals surface area contributed by atoms with Crippen molar-refractivity contribution in [1.29, 1.82) is 0 Å². The molecule has 4 N–H and O–H groups in total. The first kappa shape index (κ1) is 37.3. The van der Waals surface area contributed by atoms with Crippen LogP contribution in [0, 0.1) is 34.5 Å². The first-order valence-electron chi connectivity index (χ1n) is 18.3. The van der Waals surface area contributed by atoms with Crippen molar-refractivity contribution in [3.63, 3.8) is 0 Å². The zero-order valence-corrected chi connectivity index (χ0v) is 31.0. The van der Waals surface area contributed by atoms with Gasteiger partial charge < -0.3 is 25.2 Å². The molecule has 9 heteroatoms. The molecule has 2 aromatic carbocycles. The largest absolute Gasteiger partial charge is 0.508 e. The lowest BCUT2D eigenvalue weighted by molar-refractivity contribution is -0.178. The Hall–Kier alpha value is -4.50. The highest BCUT2D eigenvalue weighted by molar-refractivity contribution is 6.24. The number of aromatic hydroxyl groups is 1. The molecule has 2 aromatic rings. The van der Waals surface area contributed by atoms with E-state index in [0.717, 1.165) is 49.5 Å². The normalized spacial score (nSPS) is 30.1. The third-order valence-electron chi connectivity index (χ3n) is 12.6. The van der Waals surface area contributed by atoms with Gasteiger partial charge in [-0.1, -0.05) is 64.6 Å². The van der Waals surface area contributed by atoms with Gasteiger partial charge in [0.05, 0.1) is 18.4 Å². The minimum atomic E-state index is -2.66. The molecule has 0 radical (unpaired) electrons. The van der Waals surface area contributed by atoms with Crippen LogP contribution in [-0.4, -0.2) is 56.3 Å². The van der Waals surface area contributed by atoms with Crippen LogP contribution in [0.4, 0.5) is 0 Å². The number of hydrogen-bond donors (Lipinski definition) is 4. The number of phenols is 1. The summed E-state index contributed by atoms with van der Waals surface area (Å²) in [7, 11) is 1.65. The fourth-order valence-corrected chi connectivity index (χ4v) is 10.3. The quantitative estimate of drug-likeness (QED) is 0.155. The number of benzene rings is 2. The van der Waals surface area contributed by atoms with Crippen molar-refractivity contribution in [3.05, 3.63) is 82.3 Å². The van der Waals surface area contributed by atoms with Crippen molar-refractivity contribution < 1.29 is 44.3 Å². The number of carbonyl (C=O) groups excluding carboxylic acids is 4. The number of hydrogen-bond acceptors (Lipinski definition) is 9. The van der Waals surface area contributed by atoms with Gasteiger partial charge in [0.1, 0.15) is 28.6 Å². The fourth-order valence-electron chi connectivity index (χ4n) is 10.3. The van der Waals surface area contributed by atoms with Gasteiger partial charge >= 0.3 is 0 Å². The van der Waals surface area contributed by atoms with E-state index in [0.29, 0.717) is 35.8 Å². The molecule has 1 unspecified atom stereocenters. The van der Waals surface area contributed by atoms with Gasteiger partial charge in [0.25, 0.3) is 0 Å². The Morgan fingerprint density at radius 3 is 2.19 bits per heavy atom. The van der Waals surface area contributed by atoms with Crippen molar-refractivity contribution in [2.24, 2.45) is 34.5 Å². The molecule has 0 aliphatic heterocycles. The molecule has 0 heterocycles. The Balaban J connectivity index is 1.32. The Labute approximate surface area is 305 Å². The SMILES string of the molecule is C=C(OC)C1CCC(CC(=O)Cc2ccc(-c3ccc(O)c4c3C[C@]3(C)C[C@]5(C)C(C(C)C)C(=O)C(C(C)=O)=C(O)[C@]5(O)C(=O)C3=C4O)cc2)CC1. The van der Waals surface area contributed by atoms with E-state index in [1.807, 2.05) is 24.3 Å². The number of aliphatic hydroxyl groups is 3. The molecular weight excluding hydrogens is 660 g/mol. The number of phenolic OH excluding ortho intramolecular Hbond substituents is 1. The molecule has 52 heavy (non-hydrogen) atoms. The van der Waals surface area contributed by atoms with Gasteiger partial charge in [0.2, 0.25) is 5.78 Å². The predicted octanol–water partition coefficient (Wildman–Crippen LogP) is 7.33. The minimum absolute atomic E-state index is 0.0177. The van der Waals surface area contributed by atoms with E-state index >= 15 is 0 Å². The van der Waals surface area contributed by atoms with E-state index in [4.69, 9.17) is 4.74 Å². The van der Waals surface area contributed by atoms with E-state index in [9.17, 15) is 39.6 Å². The van der Waals surface area contributed by atoms with Gasteiger partial charge in [-0.15, -0.1) is 0 Å². The second-order valence-electron chi connectivity index (χ2n) is 16.5. The Morgan fingerprint density at radius 1 is 0.981 bits per heavy atom. The van der Waals surface area contributed by atoms with E-state index in [1.165, 1.54) is 6.07 Å². The minimum Gasteiger partial charge on any atom is -0.508 e. The lowest BCUT2D eigenvalue weighted by atomic mass is 9.43. The number of ether oxygens (including phenoxy) is 1. The van der Waals surface area contributed by atoms with Gasteiger partial charge in [0, 0.05) is 41.1 Å². The summed E-state index contributed by atoms with van der Waals surface area (Å²) in [4.78, 5) is 54.1. The van der Waals surface area contributed by atoms with Crippen molar-refractivity contribution >= 4 is 28.9 Å². The highest BCUT2D eigenvalue weighted by atomic mass is 16.5. The average molecular weight is 711 g/mol. The molecule has 0 aromatic heterocycles. The van der Waals surface area contributed by atoms with Gasteiger partial charge in [-0.3, -0.25) is 19.2 Å². The number of ketones is 4. The zero-order valence-electron chi connectivity index (χ0n) is 31.0. The highest BCUT2D eigenvalue weighted by Crippen LogP contribution is 2.65. The Kier molecular flexibility index (Phi) is 9.44. The van der Waals surface area contributed by atoms with Gasteiger partial charge in [-0.25, -0.2) is 0 Å². The maximum atomic E-state index is 14.6. The summed E-state index contributed by atoms with van der Waals surface area (Å²) in [5, 5.41) is 46.6. The Morgan fingerprint density at radius 2 is 1.62 bits per heavy atom. The third-order valence-corrected chi connectivity index (χ3v) is 12.6. The molecule has 4 atom stereocenters. The van der Waals surface area contributed by atoms with Crippen LogP contribution in [0.5, 0.6) is 5.75 Å². The molecule has 4 aliphatic rings. The molecule has 4 aliphatic carbocycles. The van der Waals surface area contributed by atoms with E-state index in [1.54, 1.807) is 40.9 Å².